The average molecular weight is 510 g/mol. The standard InChI is InChI=1S/C31H31N3O4/c1-19(35)33-27-11-6-5-10-25(27)32-26-17-22(20-12-14-23(15-13-20)31(2,3)4)18-28(36)29(26)30(33)21-8-7-9-24(16-21)34(37)38/h5-16,22,30,32H,17-18H2,1-4H3/t22-,30+/m1/s1. The third-order valence-electron chi connectivity index (χ3n) is 7.47. The van der Waals surface area contributed by atoms with Gasteiger partial charge in [-0.3, -0.25) is 24.6 Å². The van der Waals surface area contributed by atoms with E-state index in [1.54, 1.807) is 17.0 Å². The Balaban J connectivity index is 1.65. The number of fused-ring (bicyclic) bond motifs is 1. The van der Waals surface area contributed by atoms with Crippen molar-refractivity contribution in [3.05, 3.63) is 111 Å². The van der Waals surface area contributed by atoms with E-state index in [0.29, 0.717) is 29.7 Å². The predicted octanol–water partition coefficient (Wildman–Crippen LogP) is 6.81. The molecule has 0 saturated heterocycles. The molecule has 7 nitrogen and oxygen atoms in total. The first kappa shape index (κ1) is 25.4. The number of ketones is 1. The molecule has 1 aliphatic carbocycles. The first-order valence-corrected chi connectivity index (χ1v) is 12.8. The summed E-state index contributed by atoms with van der Waals surface area (Å²) < 4.78 is 0. The van der Waals surface area contributed by atoms with E-state index in [1.165, 1.54) is 24.6 Å². The van der Waals surface area contributed by atoms with Crippen LogP contribution in [0.5, 0.6) is 0 Å². The first-order chi connectivity index (χ1) is 18.0. The minimum atomic E-state index is -0.782. The smallest absolute Gasteiger partial charge is 0.269 e. The number of amides is 1. The van der Waals surface area contributed by atoms with Crippen molar-refractivity contribution in [2.45, 2.75) is 57.9 Å². The van der Waals surface area contributed by atoms with Crippen LogP contribution < -0.4 is 10.2 Å². The van der Waals surface area contributed by atoms with Gasteiger partial charge in [0.25, 0.3) is 5.69 Å². The number of allylic oxidation sites excluding steroid dienone is 1. The Morgan fingerprint density at radius 1 is 0.974 bits per heavy atom. The van der Waals surface area contributed by atoms with Gasteiger partial charge in [0.1, 0.15) is 0 Å². The number of carbonyl (C=O) groups is 2. The van der Waals surface area contributed by atoms with Gasteiger partial charge in [0.2, 0.25) is 5.91 Å². The molecule has 0 saturated carbocycles. The number of para-hydroxylation sites is 2. The molecule has 7 heteroatoms. The molecule has 0 bridgehead atoms. The number of hydrogen-bond acceptors (Lipinski definition) is 5. The summed E-state index contributed by atoms with van der Waals surface area (Å²) in [5.74, 6) is -0.346. The summed E-state index contributed by atoms with van der Waals surface area (Å²) in [7, 11) is 0. The Morgan fingerprint density at radius 3 is 2.34 bits per heavy atom. The lowest BCUT2D eigenvalue weighted by Gasteiger charge is -2.34. The summed E-state index contributed by atoms with van der Waals surface area (Å²) >= 11 is 0. The molecule has 5 rings (SSSR count). The van der Waals surface area contributed by atoms with Gasteiger partial charge in [0, 0.05) is 36.7 Å². The number of nitrogens with one attached hydrogen (secondary N) is 1. The third-order valence-corrected chi connectivity index (χ3v) is 7.47. The van der Waals surface area contributed by atoms with Crippen LogP contribution in [0.3, 0.4) is 0 Å². The molecule has 1 aliphatic heterocycles. The summed E-state index contributed by atoms with van der Waals surface area (Å²) in [5.41, 5.74) is 5.38. The van der Waals surface area contributed by atoms with E-state index in [4.69, 9.17) is 0 Å². The highest BCUT2D eigenvalue weighted by Gasteiger charge is 2.41. The van der Waals surface area contributed by atoms with E-state index in [9.17, 15) is 19.7 Å². The van der Waals surface area contributed by atoms with Gasteiger partial charge >= 0.3 is 0 Å². The van der Waals surface area contributed by atoms with Crippen molar-refractivity contribution in [2.24, 2.45) is 0 Å². The Bertz CT molecular complexity index is 1470. The normalized spacial score (nSPS) is 19.3. The maximum absolute atomic E-state index is 13.9. The lowest BCUT2D eigenvalue weighted by molar-refractivity contribution is -0.384. The van der Waals surface area contributed by atoms with Gasteiger partial charge in [0.05, 0.1) is 22.3 Å². The van der Waals surface area contributed by atoms with E-state index in [-0.39, 0.29) is 28.7 Å². The van der Waals surface area contributed by atoms with Gasteiger partial charge < -0.3 is 5.32 Å². The van der Waals surface area contributed by atoms with Crippen LogP contribution in [0, 0.1) is 10.1 Å². The highest BCUT2D eigenvalue weighted by molar-refractivity contribution is 6.06. The third kappa shape index (κ3) is 4.60. The molecule has 1 amide bonds. The second-order valence-electron chi connectivity index (χ2n) is 11.1. The number of nitro groups is 1. The van der Waals surface area contributed by atoms with Crippen LogP contribution in [0.25, 0.3) is 0 Å². The number of non-ortho nitro benzene ring substituents is 1. The molecule has 0 fully saturated rings. The van der Waals surface area contributed by atoms with Crippen molar-refractivity contribution in [3.63, 3.8) is 0 Å². The number of anilines is 2. The first-order valence-electron chi connectivity index (χ1n) is 12.8. The molecule has 194 valence electrons. The van der Waals surface area contributed by atoms with Crippen LogP contribution in [0.15, 0.2) is 84.1 Å². The van der Waals surface area contributed by atoms with Gasteiger partial charge in [-0.15, -0.1) is 0 Å². The Kier molecular flexibility index (Phi) is 6.39. The number of rotatable bonds is 3. The van der Waals surface area contributed by atoms with E-state index < -0.39 is 11.0 Å². The number of carbonyl (C=O) groups excluding carboxylic acids is 2. The molecule has 38 heavy (non-hydrogen) atoms. The SMILES string of the molecule is CC(=O)N1c2ccccc2NC2=C(C(=O)C[C@H](c3ccc(C(C)(C)C)cc3)C2)[C@@H]1c1cccc([N+](=O)[O-])c1. The second-order valence-corrected chi connectivity index (χ2v) is 11.1. The van der Waals surface area contributed by atoms with Crippen molar-refractivity contribution in [1.29, 1.82) is 0 Å². The lowest BCUT2D eigenvalue weighted by atomic mass is 9.77. The topological polar surface area (TPSA) is 92.6 Å². The molecule has 0 aromatic heterocycles. The zero-order valence-electron chi connectivity index (χ0n) is 22.0. The molecule has 0 radical (unpaired) electrons. The van der Waals surface area contributed by atoms with E-state index in [1.807, 2.05) is 24.3 Å². The highest BCUT2D eigenvalue weighted by atomic mass is 16.6. The quantitative estimate of drug-likeness (QED) is 0.309. The van der Waals surface area contributed by atoms with Gasteiger partial charge in [0.15, 0.2) is 5.78 Å². The molecular formula is C31H31N3O4. The fraction of sp³-hybridized carbons (Fsp3) is 0.290. The zero-order chi connectivity index (χ0) is 27.2. The number of nitrogens with zero attached hydrogens (tertiary/aromatic N) is 2. The van der Waals surface area contributed by atoms with Crippen molar-refractivity contribution < 1.29 is 14.5 Å². The monoisotopic (exact) mass is 509 g/mol. The molecule has 1 heterocycles. The molecular weight excluding hydrogens is 478 g/mol. The number of benzene rings is 3. The summed E-state index contributed by atoms with van der Waals surface area (Å²) in [5, 5.41) is 15.1. The maximum atomic E-state index is 13.9. The van der Waals surface area contributed by atoms with E-state index in [0.717, 1.165) is 16.9 Å². The Hall–Kier alpha value is -4.26. The molecule has 1 N–H and O–H groups in total. The average Bonchev–Trinajstić information content (AvgIpc) is 3.03. The fourth-order valence-corrected chi connectivity index (χ4v) is 5.55. The highest BCUT2D eigenvalue weighted by Crippen LogP contribution is 2.47. The number of Topliss-reactive ketones (excluding diaryl/α,β-unsaturated/α-hetero) is 1. The van der Waals surface area contributed by atoms with Crippen LogP contribution in [0.1, 0.15) is 69.2 Å². The van der Waals surface area contributed by atoms with Gasteiger partial charge in [-0.1, -0.05) is 69.3 Å². The molecule has 2 atom stereocenters. The number of nitro benzene ring substituents is 1. The fourth-order valence-electron chi connectivity index (χ4n) is 5.55. The van der Waals surface area contributed by atoms with Gasteiger partial charge in [-0.25, -0.2) is 0 Å². The Morgan fingerprint density at radius 2 is 1.68 bits per heavy atom. The van der Waals surface area contributed by atoms with Crippen molar-refractivity contribution >= 4 is 28.8 Å². The van der Waals surface area contributed by atoms with Crippen LogP contribution in [0.4, 0.5) is 17.1 Å². The molecule has 0 spiro atoms. The van der Waals surface area contributed by atoms with E-state index >= 15 is 0 Å². The summed E-state index contributed by atoms with van der Waals surface area (Å²) in [6.45, 7) is 7.97. The number of hydrogen-bond donors (Lipinski definition) is 1. The van der Waals surface area contributed by atoms with Crippen LogP contribution >= 0.6 is 0 Å². The maximum Gasteiger partial charge on any atom is 0.269 e. The minimum Gasteiger partial charge on any atom is -0.357 e. The molecule has 3 aromatic rings. The second kappa shape index (κ2) is 9.56. The van der Waals surface area contributed by atoms with Crippen molar-refractivity contribution in [1.82, 2.24) is 0 Å². The minimum absolute atomic E-state index is 0.0235. The van der Waals surface area contributed by atoms with Crippen molar-refractivity contribution in [3.8, 4) is 0 Å². The summed E-state index contributed by atoms with van der Waals surface area (Å²) in [6.07, 6.45) is 0.879. The van der Waals surface area contributed by atoms with Crippen LogP contribution in [-0.4, -0.2) is 16.6 Å². The van der Waals surface area contributed by atoms with Crippen molar-refractivity contribution in [2.75, 3.05) is 10.2 Å². The van der Waals surface area contributed by atoms with Gasteiger partial charge in [-0.2, -0.15) is 0 Å². The zero-order valence-corrected chi connectivity index (χ0v) is 22.0. The summed E-state index contributed by atoms with van der Waals surface area (Å²) in [6, 6.07) is 21.4. The van der Waals surface area contributed by atoms with Crippen LogP contribution in [0.2, 0.25) is 0 Å². The van der Waals surface area contributed by atoms with Gasteiger partial charge in [-0.05, 0) is 46.6 Å². The van der Waals surface area contributed by atoms with Crippen LogP contribution in [-0.2, 0) is 15.0 Å². The van der Waals surface area contributed by atoms with E-state index in [2.05, 4.69) is 50.4 Å². The molecule has 3 aromatic carbocycles. The lowest BCUT2D eigenvalue weighted by Crippen LogP contribution is -2.37. The summed E-state index contributed by atoms with van der Waals surface area (Å²) in [4.78, 5) is 39.8. The predicted molar refractivity (Wildman–Crippen MR) is 148 cm³/mol. The Labute approximate surface area is 222 Å². The molecule has 2 aliphatic rings. The molecule has 0 unspecified atom stereocenters. The largest absolute Gasteiger partial charge is 0.357 e.